The summed E-state index contributed by atoms with van der Waals surface area (Å²) in [6, 6.07) is 12.0. The monoisotopic (exact) mass is 204 g/mol. The van der Waals surface area contributed by atoms with Crippen LogP contribution in [-0.4, -0.2) is 30.6 Å². The Morgan fingerprint density at radius 1 is 1.20 bits per heavy atom. The van der Waals surface area contributed by atoms with Gasteiger partial charge in [0.25, 0.3) is 0 Å². The van der Waals surface area contributed by atoms with E-state index in [2.05, 4.69) is 42.3 Å². The summed E-state index contributed by atoms with van der Waals surface area (Å²) >= 11 is 0. The van der Waals surface area contributed by atoms with Crippen molar-refractivity contribution in [3.63, 3.8) is 0 Å². The molecule has 1 aromatic rings. The van der Waals surface area contributed by atoms with Gasteiger partial charge >= 0.3 is 0 Å². The highest BCUT2D eigenvalue weighted by molar-refractivity contribution is 5.16. The Hall–Kier alpha value is -0.860. The number of likely N-dealkylation sites (tertiary alicyclic amines) is 1. The molecule has 1 aliphatic rings. The Balaban J connectivity index is 1.96. The second kappa shape index (κ2) is 4.77. The molecule has 0 unspecified atom stereocenters. The largest absolute Gasteiger partial charge is 0.329 e. The molecule has 1 aliphatic heterocycles. The standard InChI is InChI=1S/C13H20N2/c1-15-12(7-8-13(15)10-14)9-11-5-3-2-4-6-11/h2-6,12-13H,7-10,14H2,1H3/t12-,13+/m1/s1. The molecule has 2 nitrogen and oxygen atoms in total. The van der Waals surface area contributed by atoms with Gasteiger partial charge in [-0.05, 0) is 31.9 Å². The summed E-state index contributed by atoms with van der Waals surface area (Å²) in [5.41, 5.74) is 7.18. The second-order valence-electron chi connectivity index (χ2n) is 4.48. The van der Waals surface area contributed by atoms with Crippen molar-refractivity contribution in [3.05, 3.63) is 35.9 Å². The molecule has 82 valence electrons. The average molecular weight is 204 g/mol. The predicted octanol–water partition coefficient (Wildman–Crippen LogP) is 1.65. The van der Waals surface area contributed by atoms with E-state index in [4.69, 9.17) is 5.73 Å². The van der Waals surface area contributed by atoms with Gasteiger partial charge in [0.1, 0.15) is 0 Å². The van der Waals surface area contributed by atoms with E-state index in [1.165, 1.54) is 18.4 Å². The third kappa shape index (κ3) is 2.39. The SMILES string of the molecule is CN1[C@H](CN)CC[C@@H]1Cc1ccccc1. The summed E-state index contributed by atoms with van der Waals surface area (Å²) in [5.74, 6) is 0. The fourth-order valence-electron chi connectivity index (χ4n) is 2.51. The summed E-state index contributed by atoms with van der Waals surface area (Å²) in [7, 11) is 2.21. The zero-order valence-electron chi connectivity index (χ0n) is 9.39. The van der Waals surface area contributed by atoms with Crippen molar-refractivity contribution in [2.24, 2.45) is 5.73 Å². The van der Waals surface area contributed by atoms with Gasteiger partial charge in [0.2, 0.25) is 0 Å². The molecule has 0 aliphatic carbocycles. The molecule has 0 spiro atoms. The smallest absolute Gasteiger partial charge is 0.0219 e. The van der Waals surface area contributed by atoms with E-state index in [1.54, 1.807) is 0 Å². The predicted molar refractivity (Wildman–Crippen MR) is 63.8 cm³/mol. The molecule has 0 amide bonds. The maximum Gasteiger partial charge on any atom is 0.0219 e. The Kier molecular flexibility index (Phi) is 3.39. The molecule has 0 aromatic heterocycles. The Morgan fingerprint density at radius 2 is 1.87 bits per heavy atom. The van der Waals surface area contributed by atoms with Gasteiger partial charge in [-0.2, -0.15) is 0 Å². The number of nitrogens with zero attached hydrogens (tertiary/aromatic N) is 1. The van der Waals surface area contributed by atoms with Crippen LogP contribution in [0.25, 0.3) is 0 Å². The third-order valence-electron chi connectivity index (χ3n) is 3.57. The molecule has 0 bridgehead atoms. The molecule has 2 N–H and O–H groups in total. The van der Waals surface area contributed by atoms with Gasteiger partial charge in [0.15, 0.2) is 0 Å². The third-order valence-corrected chi connectivity index (χ3v) is 3.57. The number of nitrogens with two attached hydrogens (primary N) is 1. The summed E-state index contributed by atoms with van der Waals surface area (Å²) in [5, 5.41) is 0. The molecule has 1 fully saturated rings. The maximum atomic E-state index is 5.74. The topological polar surface area (TPSA) is 29.3 Å². The highest BCUT2D eigenvalue weighted by Crippen LogP contribution is 2.24. The zero-order chi connectivity index (χ0) is 10.7. The Morgan fingerprint density at radius 3 is 2.47 bits per heavy atom. The van der Waals surface area contributed by atoms with Crippen LogP contribution in [0.5, 0.6) is 0 Å². The molecule has 1 saturated heterocycles. The van der Waals surface area contributed by atoms with Crippen LogP contribution in [0.3, 0.4) is 0 Å². The second-order valence-corrected chi connectivity index (χ2v) is 4.48. The van der Waals surface area contributed by atoms with Gasteiger partial charge < -0.3 is 5.73 Å². The minimum absolute atomic E-state index is 0.596. The van der Waals surface area contributed by atoms with Crippen LogP contribution in [0.1, 0.15) is 18.4 Å². The van der Waals surface area contributed by atoms with Crippen molar-refractivity contribution in [3.8, 4) is 0 Å². The molecule has 0 saturated carbocycles. The van der Waals surface area contributed by atoms with Crippen molar-refractivity contribution in [1.82, 2.24) is 4.90 Å². The fourth-order valence-corrected chi connectivity index (χ4v) is 2.51. The van der Waals surface area contributed by atoms with Gasteiger partial charge in [-0.3, -0.25) is 4.90 Å². The first-order valence-corrected chi connectivity index (χ1v) is 5.77. The molecule has 2 atom stereocenters. The first kappa shape index (κ1) is 10.7. The first-order chi connectivity index (χ1) is 7.31. The van der Waals surface area contributed by atoms with E-state index in [0.717, 1.165) is 13.0 Å². The molecule has 0 radical (unpaired) electrons. The van der Waals surface area contributed by atoms with Crippen molar-refractivity contribution in [1.29, 1.82) is 0 Å². The van der Waals surface area contributed by atoms with Crippen LogP contribution in [-0.2, 0) is 6.42 Å². The summed E-state index contributed by atoms with van der Waals surface area (Å²) in [4.78, 5) is 2.45. The normalized spacial score (nSPS) is 27.1. The van der Waals surface area contributed by atoms with Gasteiger partial charge in [0, 0.05) is 18.6 Å². The van der Waals surface area contributed by atoms with Gasteiger partial charge in [0.05, 0.1) is 0 Å². The van der Waals surface area contributed by atoms with Crippen LogP contribution in [0.4, 0.5) is 0 Å². The summed E-state index contributed by atoms with van der Waals surface area (Å²) < 4.78 is 0. The van der Waals surface area contributed by atoms with Gasteiger partial charge in [-0.25, -0.2) is 0 Å². The molecule has 1 aromatic carbocycles. The van der Waals surface area contributed by atoms with Crippen molar-refractivity contribution < 1.29 is 0 Å². The molecule has 1 heterocycles. The zero-order valence-corrected chi connectivity index (χ0v) is 9.39. The molecule has 2 heteroatoms. The quantitative estimate of drug-likeness (QED) is 0.811. The van der Waals surface area contributed by atoms with E-state index >= 15 is 0 Å². The van der Waals surface area contributed by atoms with Crippen LogP contribution in [0, 0.1) is 0 Å². The lowest BCUT2D eigenvalue weighted by atomic mass is 10.0. The number of likely N-dealkylation sites (N-methyl/N-ethyl adjacent to an activating group) is 1. The lowest BCUT2D eigenvalue weighted by Gasteiger charge is -2.24. The Labute approximate surface area is 92.1 Å². The van der Waals surface area contributed by atoms with E-state index < -0.39 is 0 Å². The lowest BCUT2D eigenvalue weighted by Crippen LogP contribution is -2.37. The van der Waals surface area contributed by atoms with Crippen LogP contribution in [0.15, 0.2) is 30.3 Å². The van der Waals surface area contributed by atoms with Crippen molar-refractivity contribution >= 4 is 0 Å². The molecular weight excluding hydrogens is 184 g/mol. The highest BCUT2D eigenvalue weighted by atomic mass is 15.2. The number of hydrogen-bond acceptors (Lipinski definition) is 2. The fraction of sp³-hybridized carbons (Fsp3) is 0.538. The summed E-state index contributed by atoms with van der Waals surface area (Å²) in [6.07, 6.45) is 3.70. The summed E-state index contributed by atoms with van der Waals surface area (Å²) in [6.45, 7) is 0.793. The maximum absolute atomic E-state index is 5.74. The molecule has 2 rings (SSSR count). The van der Waals surface area contributed by atoms with E-state index in [1.807, 2.05) is 0 Å². The van der Waals surface area contributed by atoms with Crippen LogP contribution in [0.2, 0.25) is 0 Å². The van der Waals surface area contributed by atoms with Crippen molar-refractivity contribution in [2.75, 3.05) is 13.6 Å². The van der Waals surface area contributed by atoms with E-state index in [0.29, 0.717) is 12.1 Å². The number of hydrogen-bond donors (Lipinski definition) is 1. The highest BCUT2D eigenvalue weighted by Gasteiger charge is 2.28. The minimum atomic E-state index is 0.596. The van der Waals surface area contributed by atoms with Crippen LogP contribution < -0.4 is 5.73 Å². The number of rotatable bonds is 3. The van der Waals surface area contributed by atoms with E-state index in [9.17, 15) is 0 Å². The average Bonchev–Trinajstić information content (AvgIpc) is 2.62. The Bertz CT molecular complexity index is 297. The van der Waals surface area contributed by atoms with Crippen molar-refractivity contribution in [2.45, 2.75) is 31.3 Å². The van der Waals surface area contributed by atoms with Gasteiger partial charge in [-0.1, -0.05) is 30.3 Å². The van der Waals surface area contributed by atoms with Gasteiger partial charge in [-0.15, -0.1) is 0 Å². The molecule has 15 heavy (non-hydrogen) atoms. The number of benzene rings is 1. The minimum Gasteiger partial charge on any atom is -0.329 e. The van der Waals surface area contributed by atoms with E-state index in [-0.39, 0.29) is 0 Å². The van der Waals surface area contributed by atoms with Crippen LogP contribution >= 0.6 is 0 Å². The first-order valence-electron chi connectivity index (χ1n) is 5.77. The lowest BCUT2D eigenvalue weighted by molar-refractivity contribution is 0.243. The molecular formula is C13H20N2.